The molecule has 25 heavy (non-hydrogen) atoms. The van der Waals surface area contributed by atoms with E-state index in [0.29, 0.717) is 11.3 Å². The van der Waals surface area contributed by atoms with Crippen LogP contribution in [0.1, 0.15) is 20.7 Å². The summed E-state index contributed by atoms with van der Waals surface area (Å²) >= 11 is 0. The van der Waals surface area contributed by atoms with Gasteiger partial charge in [-0.2, -0.15) is 0 Å². The largest absolute Gasteiger partial charge is 0.306 e. The highest BCUT2D eigenvalue weighted by atomic mass is 16.2. The van der Waals surface area contributed by atoms with Gasteiger partial charge in [0.05, 0.1) is 11.3 Å². The predicted octanol–water partition coefficient (Wildman–Crippen LogP) is 3.72. The number of ketones is 1. The number of Topliss-reactive ketones (excluding diaryl/α,β-unsaturated/α-hetero) is 1. The minimum absolute atomic E-state index is 0.266. The van der Waals surface area contributed by atoms with E-state index in [0.717, 1.165) is 16.0 Å². The van der Waals surface area contributed by atoms with E-state index in [1.807, 2.05) is 42.5 Å². The summed E-state index contributed by atoms with van der Waals surface area (Å²) in [7, 11) is 0. The number of hydrogen-bond donors (Lipinski definition) is 0. The van der Waals surface area contributed by atoms with Crippen LogP contribution in [0.3, 0.4) is 0 Å². The van der Waals surface area contributed by atoms with Crippen LogP contribution in [-0.2, 0) is 4.79 Å². The number of imide groups is 1. The van der Waals surface area contributed by atoms with Crippen molar-refractivity contribution in [1.29, 1.82) is 0 Å². The van der Waals surface area contributed by atoms with Gasteiger partial charge in [0.15, 0.2) is 0 Å². The van der Waals surface area contributed by atoms with Crippen LogP contribution in [0.5, 0.6) is 0 Å². The number of amides is 2. The molecule has 0 aliphatic carbocycles. The van der Waals surface area contributed by atoms with Crippen LogP contribution < -0.4 is 4.90 Å². The Labute approximate surface area is 144 Å². The maximum Gasteiger partial charge on any atom is 0.306 e. The quantitative estimate of drug-likeness (QED) is 0.532. The molecule has 4 rings (SSSR count). The molecule has 0 spiro atoms. The summed E-state index contributed by atoms with van der Waals surface area (Å²) < 4.78 is 0. The van der Waals surface area contributed by atoms with Gasteiger partial charge in [0, 0.05) is 5.56 Å². The normalized spacial score (nSPS) is 13.0. The first kappa shape index (κ1) is 15.0. The van der Waals surface area contributed by atoms with Gasteiger partial charge in [0.25, 0.3) is 11.7 Å². The fraction of sp³-hybridized carbons (Fsp3) is 0. The molecule has 3 aromatic rings. The number of para-hydroxylation sites is 1. The Morgan fingerprint density at radius 2 is 1.28 bits per heavy atom. The monoisotopic (exact) mass is 327 g/mol. The summed E-state index contributed by atoms with van der Waals surface area (Å²) in [6.07, 6.45) is 0. The van der Waals surface area contributed by atoms with Crippen molar-refractivity contribution in [3.8, 4) is 11.1 Å². The van der Waals surface area contributed by atoms with Gasteiger partial charge >= 0.3 is 5.91 Å². The molecule has 0 saturated heterocycles. The Bertz CT molecular complexity index is 991. The SMILES string of the molecule is O=C1C(=O)N(C(=O)c2ccc(-c3ccccc3)cc2)c2ccccc21. The molecular weight excluding hydrogens is 314 g/mol. The van der Waals surface area contributed by atoms with Crippen LogP contribution in [0, 0.1) is 0 Å². The zero-order valence-electron chi connectivity index (χ0n) is 13.2. The molecule has 0 saturated carbocycles. The van der Waals surface area contributed by atoms with Gasteiger partial charge in [-0.3, -0.25) is 14.4 Å². The fourth-order valence-corrected chi connectivity index (χ4v) is 2.95. The van der Waals surface area contributed by atoms with Crippen molar-refractivity contribution in [3.63, 3.8) is 0 Å². The first-order valence-corrected chi connectivity index (χ1v) is 7.84. The van der Waals surface area contributed by atoms with Crippen LogP contribution >= 0.6 is 0 Å². The lowest BCUT2D eigenvalue weighted by Gasteiger charge is -2.14. The molecule has 0 radical (unpaired) electrons. The summed E-state index contributed by atoms with van der Waals surface area (Å²) in [5, 5.41) is 0. The van der Waals surface area contributed by atoms with Crippen LogP contribution in [0.2, 0.25) is 0 Å². The highest BCUT2D eigenvalue weighted by Crippen LogP contribution is 2.30. The number of hydrogen-bond acceptors (Lipinski definition) is 3. The summed E-state index contributed by atoms with van der Waals surface area (Å²) in [5.74, 6) is -1.95. The van der Waals surface area contributed by atoms with Gasteiger partial charge in [-0.05, 0) is 35.4 Å². The Morgan fingerprint density at radius 3 is 2.00 bits per heavy atom. The molecule has 120 valence electrons. The second-order valence-electron chi connectivity index (χ2n) is 5.74. The third-order valence-electron chi connectivity index (χ3n) is 4.23. The number of benzene rings is 3. The minimum atomic E-state index is -0.807. The molecule has 0 bridgehead atoms. The standard InChI is InChI=1S/C21H13NO3/c23-19-17-8-4-5-9-18(17)22(21(19)25)20(24)16-12-10-15(11-13-16)14-6-2-1-3-7-14/h1-13H. The average molecular weight is 327 g/mol. The Kier molecular flexibility index (Phi) is 3.51. The van der Waals surface area contributed by atoms with Crippen LogP contribution in [0.4, 0.5) is 5.69 Å². The molecule has 0 unspecified atom stereocenters. The van der Waals surface area contributed by atoms with Gasteiger partial charge in [-0.15, -0.1) is 0 Å². The molecule has 4 heteroatoms. The van der Waals surface area contributed by atoms with E-state index in [1.165, 1.54) is 0 Å². The molecule has 0 aromatic heterocycles. The summed E-state index contributed by atoms with van der Waals surface area (Å²) in [4.78, 5) is 38.0. The highest BCUT2D eigenvalue weighted by molar-refractivity contribution is 6.57. The first-order valence-electron chi connectivity index (χ1n) is 7.84. The molecule has 0 N–H and O–H groups in total. The van der Waals surface area contributed by atoms with Crippen molar-refractivity contribution in [2.45, 2.75) is 0 Å². The molecule has 0 atom stereocenters. The minimum Gasteiger partial charge on any atom is -0.283 e. The van der Waals surface area contributed by atoms with Gasteiger partial charge in [0.1, 0.15) is 0 Å². The second-order valence-corrected chi connectivity index (χ2v) is 5.74. The van der Waals surface area contributed by atoms with E-state index in [-0.39, 0.29) is 5.56 Å². The van der Waals surface area contributed by atoms with E-state index in [4.69, 9.17) is 0 Å². The lowest BCUT2D eigenvalue weighted by molar-refractivity contribution is -0.113. The molecule has 3 aromatic carbocycles. The lowest BCUT2D eigenvalue weighted by Crippen LogP contribution is -2.35. The first-order chi connectivity index (χ1) is 12.2. The van der Waals surface area contributed by atoms with Crippen LogP contribution in [-0.4, -0.2) is 17.6 Å². The fourth-order valence-electron chi connectivity index (χ4n) is 2.95. The van der Waals surface area contributed by atoms with Gasteiger partial charge in [-0.25, -0.2) is 4.90 Å². The van der Waals surface area contributed by atoms with E-state index < -0.39 is 17.6 Å². The molecule has 0 fully saturated rings. The van der Waals surface area contributed by atoms with Crippen molar-refractivity contribution in [2.75, 3.05) is 4.90 Å². The third kappa shape index (κ3) is 2.44. The Hall–Kier alpha value is -3.53. The summed E-state index contributed by atoms with van der Waals surface area (Å²) in [6.45, 7) is 0. The maximum atomic E-state index is 12.8. The molecule has 2 amide bonds. The second kappa shape index (κ2) is 5.83. The highest BCUT2D eigenvalue weighted by Gasteiger charge is 2.39. The zero-order valence-corrected chi connectivity index (χ0v) is 13.2. The number of nitrogens with zero attached hydrogens (tertiary/aromatic N) is 1. The van der Waals surface area contributed by atoms with E-state index in [9.17, 15) is 14.4 Å². The third-order valence-corrected chi connectivity index (χ3v) is 4.23. The van der Waals surface area contributed by atoms with E-state index in [2.05, 4.69) is 0 Å². The Morgan fingerprint density at radius 1 is 0.680 bits per heavy atom. The van der Waals surface area contributed by atoms with Crippen molar-refractivity contribution in [3.05, 3.63) is 90.0 Å². The number of carbonyl (C=O) groups excluding carboxylic acids is 3. The van der Waals surface area contributed by atoms with Gasteiger partial charge in [0.2, 0.25) is 0 Å². The van der Waals surface area contributed by atoms with Gasteiger partial charge in [-0.1, -0.05) is 54.6 Å². The van der Waals surface area contributed by atoms with Gasteiger partial charge < -0.3 is 0 Å². The van der Waals surface area contributed by atoms with Crippen molar-refractivity contribution >= 4 is 23.3 Å². The van der Waals surface area contributed by atoms with Crippen LogP contribution in [0.25, 0.3) is 11.1 Å². The average Bonchev–Trinajstić information content (AvgIpc) is 2.93. The molecule has 1 aliphatic heterocycles. The number of fused-ring (bicyclic) bond motifs is 1. The molecule has 1 aliphatic rings. The summed E-state index contributed by atoms with van der Waals surface area (Å²) in [6, 6.07) is 23.3. The number of rotatable bonds is 2. The summed E-state index contributed by atoms with van der Waals surface area (Å²) in [5.41, 5.74) is 2.98. The van der Waals surface area contributed by atoms with Crippen molar-refractivity contribution in [2.24, 2.45) is 0 Å². The maximum absolute atomic E-state index is 12.8. The molecule has 4 nitrogen and oxygen atoms in total. The van der Waals surface area contributed by atoms with Crippen molar-refractivity contribution in [1.82, 2.24) is 0 Å². The zero-order chi connectivity index (χ0) is 17.4. The topological polar surface area (TPSA) is 54.5 Å². The predicted molar refractivity (Wildman–Crippen MR) is 94.5 cm³/mol. The van der Waals surface area contributed by atoms with E-state index >= 15 is 0 Å². The molecular formula is C21H13NO3. The number of carbonyl (C=O) groups is 3. The number of anilines is 1. The van der Waals surface area contributed by atoms with Crippen molar-refractivity contribution < 1.29 is 14.4 Å². The Balaban J connectivity index is 1.68. The van der Waals surface area contributed by atoms with Crippen LogP contribution in [0.15, 0.2) is 78.9 Å². The lowest BCUT2D eigenvalue weighted by atomic mass is 10.0. The smallest absolute Gasteiger partial charge is 0.283 e. The van der Waals surface area contributed by atoms with E-state index in [1.54, 1.807) is 36.4 Å². The molecule has 1 heterocycles.